The van der Waals surface area contributed by atoms with E-state index >= 15 is 0 Å². The summed E-state index contributed by atoms with van der Waals surface area (Å²) in [5.74, 6) is 0.667. The molecule has 1 N–H and O–H groups in total. The minimum atomic E-state index is 0.264. The van der Waals surface area contributed by atoms with Gasteiger partial charge in [0.1, 0.15) is 0 Å². The van der Waals surface area contributed by atoms with E-state index in [9.17, 15) is 0 Å². The van der Waals surface area contributed by atoms with Crippen molar-refractivity contribution in [3.63, 3.8) is 0 Å². The second kappa shape index (κ2) is 2.60. The number of rotatable bonds is 2. The number of aliphatic imine (C=N–C) groups is 1. The van der Waals surface area contributed by atoms with Crippen LogP contribution in [0.3, 0.4) is 0 Å². The fourth-order valence-corrected chi connectivity index (χ4v) is 1.40. The zero-order chi connectivity index (χ0) is 7.61. The van der Waals surface area contributed by atoms with E-state index < -0.39 is 0 Å². The van der Waals surface area contributed by atoms with Crippen LogP contribution >= 0.6 is 0 Å². The van der Waals surface area contributed by atoms with Gasteiger partial charge in [0.15, 0.2) is 0 Å². The Hall–Kier alpha value is -0.530. The molecule has 1 aliphatic heterocycles. The molecule has 0 aromatic rings. The van der Waals surface area contributed by atoms with Crippen molar-refractivity contribution in [2.75, 3.05) is 6.54 Å². The molecule has 1 atom stereocenters. The van der Waals surface area contributed by atoms with Crippen molar-refractivity contribution < 1.29 is 0 Å². The Labute approximate surface area is 62.7 Å². The first-order valence-corrected chi connectivity index (χ1v) is 3.97. The fraction of sp³-hybridized carbons (Fsp3) is 0.875. The first-order valence-electron chi connectivity index (χ1n) is 3.97. The summed E-state index contributed by atoms with van der Waals surface area (Å²) >= 11 is 0. The highest BCUT2D eigenvalue weighted by Gasteiger charge is 2.32. The van der Waals surface area contributed by atoms with Crippen molar-refractivity contribution in [2.24, 2.45) is 10.9 Å². The summed E-state index contributed by atoms with van der Waals surface area (Å²) in [7, 11) is 0. The normalized spacial score (nSPS) is 31.2. The van der Waals surface area contributed by atoms with Crippen molar-refractivity contribution in [1.29, 1.82) is 0 Å². The minimum Gasteiger partial charge on any atom is -0.369 e. The third-order valence-electron chi connectivity index (χ3n) is 2.55. The highest BCUT2D eigenvalue weighted by molar-refractivity contribution is 5.59. The fourth-order valence-electron chi connectivity index (χ4n) is 1.40. The molecule has 2 nitrogen and oxygen atoms in total. The monoisotopic (exact) mass is 140 g/mol. The molecule has 1 rings (SSSR count). The molecule has 1 unspecified atom stereocenters. The molecule has 0 aromatic carbocycles. The van der Waals surface area contributed by atoms with Crippen molar-refractivity contribution in [2.45, 2.75) is 32.7 Å². The molecule has 0 saturated carbocycles. The Morgan fingerprint density at radius 2 is 2.40 bits per heavy atom. The van der Waals surface area contributed by atoms with E-state index in [1.807, 2.05) is 6.34 Å². The summed E-state index contributed by atoms with van der Waals surface area (Å²) in [5.41, 5.74) is 0.264. The number of nitrogens with zero attached hydrogens (tertiary/aromatic N) is 1. The summed E-state index contributed by atoms with van der Waals surface area (Å²) in [6.07, 6.45) is 2.99. The second-order valence-electron chi connectivity index (χ2n) is 3.28. The van der Waals surface area contributed by atoms with Crippen LogP contribution in [0.5, 0.6) is 0 Å². The van der Waals surface area contributed by atoms with Crippen LogP contribution < -0.4 is 5.32 Å². The molecule has 2 heteroatoms. The second-order valence-corrected chi connectivity index (χ2v) is 3.28. The molecule has 0 spiro atoms. The summed E-state index contributed by atoms with van der Waals surface area (Å²) in [5, 5.41) is 3.33. The van der Waals surface area contributed by atoms with Gasteiger partial charge in [-0.15, -0.1) is 0 Å². The average molecular weight is 140 g/mol. The Balaban J connectivity index is 2.61. The Bertz CT molecular complexity index is 130. The van der Waals surface area contributed by atoms with Gasteiger partial charge in [0, 0.05) is 0 Å². The predicted octanol–water partition coefficient (Wildman–Crippen LogP) is 1.42. The molecule has 0 radical (unpaired) electrons. The molecule has 1 heterocycles. The third kappa shape index (κ3) is 1.02. The molecule has 1 aliphatic rings. The summed E-state index contributed by atoms with van der Waals surface area (Å²) in [6, 6.07) is 0. The Kier molecular flexibility index (Phi) is 1.97. The van der Waals surface area contributed by atoms with Gasteiger partial charge in [0.2, 0.25) is 0 Å². The van der Waals surface area contributed by atoms with Crippen LogP contribution in [0.25, 0.3) is 0 Å². The maximum atomic E-state index is 4.19. The first kappa shape index (κ1) is 7.58. The van der Waals surface area contributed by atoms with E-state index in [0.29, 0.717) is 5.92 Å². The number of hydrogen-bond donors (Lipinski definition) is 1. The van der Waals surface area contributed by atoms with Gasteiger partial charge < -0.3 is 5.32 Å². The molecule has 0 amide bonds. The van der Waals surface area contributed by atoms with Crippen molar-refractivity contribution >= 4 is 6.34 Å². The van der Waals surface area contributed by atoms with E-state index in [1.165, 1.54) is 0 Å². The van der Waals surface area contributed by atoms with Gasteiger partial charge in [0.05, 0.1) is 18.4 Å². The maximum absolute atomic E-state index is 4.19. The average Bonchev–Trinajstić information content (AvgIpc) is 2.35. The van der Waals surface area contributed by atoms with Gasteiger partial charge in [-0.1, -0.05) is 20.8 Å². The van der Waals surface area contributed by atoms with E-state index in [2.05, 4.69) is 31.1 Å². The van der Waals surface area contributed by atoms with Crippen LogP contribution in [0.2, 0.25) is 0 Å². The molecular weight excluding hydrogens is 124 g/mol. The van der Waals surface area contributed by atoms with Gasteiger partial charge in [0.25, 0.3) is 0 Å². The lowest BCUT2D eigenvalue weighted by Crippen LogP contribution is -2.47. The summed E-state index contributed by atoms with van der Waals surface area (Å²) < 4.78 is 0. The Morgan fingerprint density at radius 1 is 1.70 bits per heavy atom. The van der Waals surface area contributed by atoms with Gasteiger partial charge >= 0.3 is 0 Å². The Morgan fingerprint density at radius 3 is 2.60 bits per heavy atom. The zero-order valence-electron chi connectivity index (χ0n) is 7.02. The van der Waals surface area contributed by atoms with Gasteiger partial charge in [-0.3, -0.25) is 4.99 Å². The van der Waals surface area contributed by atoms with Crippen LogP contribution in [-0.4, -0.2) is 18.4 Å². The van der Waals surface area contributed by atoms with Crippen LogP contribution in [0.1, 0.15) is 27.2 Å². The first-order chi connectivity index (χ1) is 4.71. The predicted molar refractivity (Wildman–Crippen MR) is 44.4 cm³/mol. The van der Waals surface area contributed by atoms with E-state index in [1.54, 1.807) is 0 Å². The van der Waals surface area contributed by atoms with Crippen molar-refractivity contribution in [3.8, 4) is 0 Å². The largest absolute Gasteiger partial charge is 0.369 e. The molecule has 0 aliphatic carbocycles. The van der Waals surface area contributed by atoms with Gasteiger partial charge in [-0.05, 0) is 12.3 Å². The topological polar surface area (TPSA) is 24.4 Å². The van der Waals surface area contributed by atoms with E-state index in [-0.39, 0.29) is 5.54 Å². The number of hydrogen-bond acceptors (Lipinski definition) is 2. The zero-order valence-corrected chi connectivity index (χ0v) is 7.02. The molecule has 58 valence electrons. The van der Waals surface area contributed by atoms with Crippen LogP contribution in [0, 0.1) is 5.92 Å². The highest BCUT2D eigenvalue weighted by Crippen LogP contribution is 2.23. The molecule has 0 aromatic heterocycles. The van der Waals surface area contributed by atoms with Gasteiger partial charge in [-0.25, -0.2) is 0 Å². The third-order valence-corrected chi connectivity index (χ3v) is 2.55. The lowest BCUT2D eigenvalue weighted by molar-refractivity contribution is 0.291. The van der Waals surface area contributed by atoms with E-state index in [0.717, 1.165) is 13.0 Å². The molecular formula is C8H16N2. The smallest absolute Gasteiger partial charge is 0.0829 e. The molecule has 10 heavy (non-hydrogen) atoms. The van der Waals surface area contributed by atoms with E-state index in [4.69, 9.17) is 0 Å². The number of nitrogens with one attached hydrogen (secondary N) is 1. The highest BCUT2D eigenvalue weighted by atomic mass is 15.1. The summed E-state index contributed by atoms with van der Waals surface area (Å²) in [4.78, 5) is 4.19. The lowest BCUT2D eigenvalue weighted by Gasteiger charge is -2.31. The molecule has 0 fully saturated rings. The van der Waals surface area contributed by atoms with Crippen LogP contribution in [0.4, 0.5) is 0 Å². The SMILES string of the molecule is CCC1(C(C)C)CN=CN1. The van der Waals surface area contributed by atoms with Crippen LogP contribution in [-0.2, 0) is 0 Å². The molecule has 0 saturated heterocycles. The summed E-state index contributed by atoms with van der Waals surface area (Å²) in [6.45, 7) is 7.64. The van der Waals surface area contributed by atoms with Crippen LogP contribution in [0.15, 0.2) is 4.99 Å². The maximum Gasteiger partial charge on any atom is 0.0829 e. The van der Waals surface area contributed by atoms with Crippen molar-refractivity contribution in [1.82, 2.24) is 5.32 Å². The minimum absolute atomic E-state index is 0.264. The van der Waals surface area contributed by atoms with Gasteiger partial charge in [-0.2, -0.15) is 0 Å². The standard InChI is InChI=1S/C8H16N2/c1-4-8(7(2)3)5-9-6-10-8/h6-7H,4-5H2,1-3H3,(H,9,10). The lowest BCUT2D eigenvalue weighted by atomic mass is 9.85. The molecule has 0 bridgehead atoms. The van der Waals surface area contributed by atoms with Crippen molar-refractivity contribution in [3.05, 3.63) is 0 Å². The quantitative estimate of drug-likeness (QED) is 0.616.